The second-order valence-corrected chi connectivity index (χ2v) is 10.2. The summed E-state index contributed by atoms with van der Waals surface area (Å²) in [6.07, 6.45) is -10.4. The molecule has 1 aliphatic carbocycles. The number of esters is 1. The van der Waals surface area contributed by atoms with Crippen molar-refractivity contribution in [3.63, 3.8) is 0 Å². The molecule has 0 aromatic heterocycles. The maximum atomic E-state index is 13.5. The minimum Gasteiger partial charge on any atom is -0.492 e. The van der Waals surface area contributed by atoms with Crippen molar-refractivity contribution in [1.29, 1.82) is 0 Å². The van der Waals surface area contributed by atoms with Crippen molar-refractivity contribution < 1.29 is 50.1 Å². The number of amides is 1. The highest BCUT2D eigenvalue weighted by atomic mass is 19.4. The number of hydrogen-bond donors (Lipinski definition) is 1. The SMILES string of the molecule is CCOC(=O)[C@H](Cc1ccc(OCCNC2[C@@H]3CN(C(=O)c4ccc(C(F)(F)F)cc4C(F)(F)F)C[C@@H]23)cc1)OCC. The van der Waals surface area contributed by atoms with Gasteiger partial charge in [-0.25, -0.2) is 4.79 Å². The molecule has 1 saturated carbocycles. The first-order valence-corrected chi connectivity index (χ1v) is 13.6. The maximum Gasteiger partial charge on any atom is 0.417 e. The molecule has 2 aromatic carbocycles. The number of carbonyl (C=O) groups excluding carboxylic acids is 2. The first-order valence-electron chi connectivity index (χ1n) is 13.6. The molecule has 7 nitrogen and oxygen atoms in total. The molecule has 230 valence electrons. The Morgan fingerprint density at radius 1 is 0.952 bits per heavy atom. The average molecular weight is 603 g/mol. The lowest BCUT2D eigenvalue weighted by Gasteiger charge is -2.23. The van der Waals surface area contributed by atoms with E-state index in [9.17, 15) is 35.9 Å². The number of rotatable bonds is 12. The van der Waals surface area contributed by atoms with Gasteiger partial charge >= 0.3 is 18.3 Å². The van der Waals surface area contributed by atoms with Gasteiger partial charge in [0.05, 0.1) is 23.3 Å². The van der Waals surface area contributed by atoms with Crippen LogP contribution < -0.4 is 10.1 Å². The fraction of sp³-hybridized carbons (Fsp3) is 0.517. The topological polar surface area (TPSA) is 77.1 Å². The zero-order chi connectivity index (χ0) is 30.7. The molecular formula is C29H32F6N2O5. The van der Waals surface area contributed by atoms with Gasteiger partial charge in [-0.05, 0) is 61.6 Å². The van der Waals surface area contributed by atoms with Gasteiger partial charge in [0.2, 0.25) is 0 Å². The van der Waals surface area contributed by atoms with E-state index in [0.717, 1.165) is 5.56 Å². The molecule has 0 spiro atoms. The first kappa shape index (κ1) is 31.6. The summed E-state index contributed by atoms with van der Waals surface area (Å²) in [5, 5.41) is 3.33. The van der Waals surface area contributed by atoms with Gasteiger partial charge in [0.1, 0.15) is 12.4 Å². The molecule has 2 aromatic rings. The molecule has 1 saturated heterocycles. The van der Waals surface area contributed by atoms with Gasteiger partial charge < -0.3 is 24.4 Å². The lowest BCUT2D eigenvalue weighted by atomic mass is 10.0. The summed E-state index contributed by atoms with van der Waals surface area (Å²) in [5.41, 5.74) is -2.94. The van der Waals surface area contributed by atoms with Gasteiger partial charge in [-0.1, -0.05) is 12.1 Å². The van der Waals surface area contributed by atoms with E-state index in [1.54, 1.807) is 26.0 Å². The lowest BCUT2D eigenvalue weighted by molar-refractivity contribution is -0.156. The van der Waals surface area contributed by atoms with Crippen LogP contribution in [0.1, 0.15) is 40.9 Å². The molecule has 2 aliphatic rings. The summed E-state index contributed by atoms with van der Waals surface area (Å²) < 4.78 is 95.6. The highest BCUT2D eigenvalue weighted by Gasteiger charge is 2.56. The Hall–Kier alpha value is -3.32. The zero-order valence-corrected chi connectivity index (χ0v) is 23.1. The Bertz CT molecular complexity index is 1240. The van der Waals surface area contributed by atoms with Crippen molar-refractivity contribution in [2.75, 3.05) is 39.5 Å². The summed E-state index contributed by atoms with van der Waals surface area (Å²) in [7, 11) is 0. The third-order valence-electron chi connectivity index (χ3n) is 7.38. The Morgan fingerprint density at radius 2 is 1.62 bits per heavy atom. The van der Waals surface area contributed by atoms with Crippen LogP contribution in [0, 0.1) is 11.8 Å². The van der Waals surface area contributed by atoms with E-state index in [0.29, 0.717) is 44.1 Å². The predicted molar refractivity (Wildman–Crippen MR) is 139 cm³/mol. The fourth-order valence-corrected chi connectivity index (χ4v) is 5.28. The van der Waals surface area contributed by atoms with Gasteiger partial charge in [0.25, 0.3) is 5.91 Å². The summed E-state index contributed by atoms with van der Waals surface area (Å²) in [6, 6.07) is 8.42. The number of fused-ring (bicyclic) bond motifs is 1. The lowest BCUT2D eigenvalue weighted by Crippen LogP contribution is -2.37. The smallest absolute Gasteiger partial charge is 0.417 e. The predicted octanol–water partition coefficient (Wildman–Crippen LogP) is 4.97. The molecule has 4 rings (SSSR count). The van der Waals surface area contributed by atoms with E-state index in [2.05, 4.69) is 5.32 Å². The van der Waals surface area contributed by atoms with E-state index >= 15 is 0 Å². The van der Waals surface area contributed by atoms with Crippen molar-refractivity contribution in [3.8, 4) is 5.75 Å². The molecule has 3 atom stereocenters. The molecule has 13 heteroatoms. The Morgan fingerprint density at radius 3 is 2.19 bits per heavy atom. The molecule has 0 radical (unpaired) electrons. The van der Waals surface area contributed by atoms with E-state index in [4.69, 9.17) is 14.2 Å². The van der Waals surface area contributed by atoms with Crippen LogP contribution in [0.3, 0.4) is 0 Å². The summed E-state index contributed by atoms with van der Waals surface area (Å²) >= 11 is 0. The minimum absolute atomic E-state index is 0.0109. The average Bonchev–Trinajstić information content (AvgIpc) is 3.37. The Labute approximate surface area is 239 Å². The van der Waals surface area contributed by atoms with Crippen molar-refractivity contribution in [2.45, 2.75) is 44.8 Å². The van der Waals surface area contributed by atoms with Crippen molar-refractivity contribution in [2.24, 2.45) is 11.8 Å². The summed E-state index contributed by atoms with van der Waals surface area (Å²) in [5.74, 6) is -0.601. The molecule has 1 heterocycles. The normalized spacial score (nSPS) is 20.7. The number of halogens is 6. The number of likely N-dealkylation sites (tertiary alicyclic amines) is 1. The molecule has 1 N–H and O–H groups in total. The van der Waals surface area contributed by atoms with E-state index in [1.807, 2.05) is 12.1 Å². The molecule has 1 aliphatic heterocycles. The van der Waals surface area contributed by atoms with E-state index < -0.39 is 47.0 Å². The van der Waals surface area contributed by atoms with Crippen molar-refractivity contribution >= 4 is 11.9 Å². The van der Waals surface area contributed by atoms with Gasteiger partial charge in [-0.2, -0.15) is 26.3 Å². The first-order chi connectivity index (χ1) is 19.8. The number of piperidine rings is 1. The van der Waals surface area contributed by atoms with Crippen LogP contribution in [-0.2, 0) is 33.0 Å². The quantitative estimate of drug-likeness (QED) is 0.210. The number of alkyl halides is 6. The third kappa shape index (κ3) is 7.54. The molecule has 42 heavy (non-hydrogen) atoms. The summed E-state index contributed by atoms with van der Waals surface area (Å²) in [6.45, 7) is 5.48. The zero-order valence-electron chi connectivity index (χ0n) is 23.1. The number of carbonyl (C=O) groups is 2. The second kappa shape index (κ2) is 12.9. The molecule has 0 bridgehead atoms. The number of nitrogens with one attached hydrogen (secondary N) is 1. The van der Waals surface area contributed by atoms with Crippen LogP contribution in [0.4, 0.5) is 26.3 Å². The fourth-order valence-electron chi connectivity index (χ4n) is 5.28. The minimum atomic E-state index is -5.10. The van der Waals surface area contributed by atoms with Crippen molar-refractivity contribution in [1.82, 2.24) is 10.2 Å². The van der Waals surface area contributed by atoms with Crippen LogP contribution in [0.15, 0.2) is 42.5 Å². The number of hydrogen-bond acceptors (Lipinski definition) is 6. The molecular weight excluding hydrogens is 570 g/mol. The molecule has 0 unspecified atom stereocenters. The van der Waals surface area contributed by atoms with Gasteiger partial charge in [-0.15, -0.1) is 0 Å². The number of nitrogens with zero attached hydrogens (tertiary/aromatic N) is 1. The van der Waals surface area contributed by atoms with Crippen LogP contribution in [-0.4, -0.2) is 68.4 Å². The van der Waals surface area contributed by atoms with Crippen LogP contribution in [0.2, 0.25) is 0 Å². The van der Waals surface area contributed by atoms with Crippen LogP contribution in [0.5, 0.6) is 5.75 Å². The van der Waals surface area contributed by atoms with Crippen molar-refractivity contribution in [3.05, 3.63) is 64.7 Å². The molecule has 2 fully saturated rings. The van der Waals surface area contributed by atoms with E-state index in [1.165, 1.54) is 4.90 Å². The van der Waals surface area contributed by atoms with Gasteiger partial charge in [0.15, 0.2) is 6.10 Å². The van der Waals surface area contributed by atoms with Gasteiger partial charge in [0, 0.05) is 38.7 Å². The standard InChI is InChI=1S/C29H32F6N2O5/c1-3-40-24(27(39)41-4-2)13-17-5-8-19(9-6-17)42-12-11-36-25-21-15-37(16-22(21)25)26(38)20-10-7-18(28(30,31)32)14-23(20)29(33,34)35/h5-10,14,21-22,24-25,36H,3-4,11-13,15-16H2,1-2H3/t21-,22-,24+/m1/s1. The summed E-state index contributed by atoms with van der Waals surface area (Å²) in [4.78, 5) is 26.1. The monoisotopic (exact) mass is 602 g/mol. The highest BCUT2D eigenvalue weighted by Crippen LogP contribution is 2.46. The second-order valence-electron chi connectivity index (χ2n) is 10.2. The van der Waals surface area contributed by atoms with Gasteiger partial charge in [-0.3, -0.25) is 4.79 Å². The van der Waals surface area contributed by atoms with Crippen LogP contribution >= 0.6 is 0 Å². The number of benzene rings is 2. The van der Waals surface area contributed by atoms with Crippen LogP contribution in [0.25, 0.3) is 0 Å². The highest BCUT2D eigenvalue weighted by molar-refractivity contribution is 5.96. The Balaban J connectivity index is 1.22. The largest absolute Gasteiger partial charge is 0.492 e. The van der Waals surface area contributed by atoms with E-state index in [-0.39, 0.29) is 43.6 Å². The molecule has 1 amide bonds. The Kier molecular flexibility index (Phi) is 9.71. The number of ether oxygens (including phenoxy) is 3. The maximum absolute atomic E-state index is 13.5. The third-order valence-corrected chi connectivity index (χ3v) is 7.38.